The van der Waals surface area contributed by atoms with Crippen molar-refractivity contribution in [2.45, 2.75) is 35.4 Å². The molecule has 1 fully saturated rings. The van der Waals surface area contributed by atoms with E-state index in [1.165, 1.54) is 11.8 Å². The second-order valence-electron chi connectivity index (χ2n) is 5.51. The van der Waals surface area contributed by atoms with Crippen LogP contribution in [0.25, 0.3) is 0 Å². The molecule has 0 spiro atoms. The Kier molecular flexibility index (Phi) is 4.49. The summed E-state index contributed by atoms with van der Waals surface area (Å²) in [5, 5.41) is 13.7. The highest BCUT2D eigenvalue weighted by atomic mass is 32.2. The largest absolute Gasteiger partial charge is 0.392 e. The number of aryl methyl sites for hydroxylation is 1. The van der Waals surface area contributed by atoms with Crippen molar-refractivity contribution < 1.29 is 9.90 Å². The van der Waals surface area contributed by atoms with E-state index in [4.69, 9.17) is 0 Å². The topological polar surface area (TPSA) is 67.2 Å². The average Bonchev–Trinajstić information content (AvgIpc) is 3.10. The maximum atomic E-state index is 12.3. The van der Waals surface area contributed by atoms with Crippen LogP contribution in [0.4, 0.5) is 5.69 Å². The lowest BCUT2D eigenvalue weighted by Gasteiger charge is -2.16. The van der Waals surface area contributed by atoms with Crippen LogP contribution in [0, 0.1) is 5.92 Å². The van der Waals surface area contributed by atoms with Crippen molar-refractivity contribution in [3.05, 3.63) is 36.7 Å². The highest BCUT2D eigenvalue weighted by molar-refractivity contribution is 7.99. The van der Waals surface area contributed by atoms with Gasteiger partial charge in [0.15, 0.2) is 5.16 Å². The maximum Gasteiger partial charge on any atom is 0.230 e. The first kappa shape index (κ1) is 15.1. The first-order chi connectivity index (χ1) is 10.6. The standard InChI is InChI=1S/C16H19N3O2S/c1-19-10-9-17-16(19)22-14-8-3-2-6-12(14)18-15(21)11-5-4-7-13(11)20/h2-3,6,8-11,13,20H,4-5,7H2,1H3,(H,18,21). The predicted molar refractivity (Wildman–Crippen MR) is 85.8 cm³/mol. The Labute approximate surface area is 133 Å². The quantitative estimate of drug-likeness (QED) is 0.910. The van der Waals surface area contributed by atoms with Crippen molar-refractivity contribution in [1.29, 1.82) is 0 Å². The predicted octanol–water partition coefficient (Wildman–Crippen LogP) is 2.67. The number of carbonyl (C=O) groups is 1. The Morgan fingerprint density at radius 2 is 2.23 bits per heavy atom. The number of anilines is 1. The minimum absolute atomic E-state index is 0.0992. The van der Waals surface area contributed by atoms with E-state index in [1.54, 1.807) is 6.20 Å². The molecule has 2 atom stereocenters. The molecule has 2 unspecified atom stereocenters. The monoisotopic (exact) mass is 317 g/mol. The second kappa shape index (κ2) is 6.54. The molecule has 1 heterocycles. The molecule has 1 aromatic heterocycles. The summed E-state index contributed by atoms with van der Waals surface area (Å²) in [5.41, 5.74) is 0.764. The molecule has 116 valence electrons. The molecule has 0 bridgehead atoms. The van der Waals surface area contributed by atoms with Gasteiger partial charge in [0, 0.05) is 24.3 Å². The number of benzene rings is 1. The van der Waals surface area contributed by atoms with E-state index in [0.29, 0.717) is 6.42 Å². The van der Waals surface area contributed by atoms with Crippen LogP contribution >= 0.6 is 11.8 Å². The summed E-state index contributed by atoms with van der Waals surface area (Å²) in [4.78, 5) is 17.6. The van der Waals surface area contributed by atoms with Gasteiger partial charge in [-0.3, -0.25) is 4.79 Å². The zero-order valence-electron chi connectivity index (χ0n) is 12.4. The molecule has 0 aliphatic heterocycles. The van der Waals surface area contributed by atoms with Gasteiger partial charge >= 0.3 is 0 Å². The first-order valence-corrected chi connectivity index (χ1v) is 8.20. The lowest BCUT2D eigenvalue weighted by molar-refractivity contribution is -0.122. The SMILES string of the molecule is Cn1ccnc1Sc1ccccc1NC(=O)C1CCCC1O. The molecule has 0 saturated heterocycles. The minimum Gasteiger partial charge on any atom is -0.392 e. The molecular weight excluding hydrogens is 298 g/mol. The number of carbonyl (C=O) groups excluding carboxylic acids is 1. The number of amides is 1. The summed E-state index contributed by atoms with van der Waals surface area (Å²) < 4.78 is 1.93. The number of aromatic nitrogens is 2. The molecule has 1 aliphatic rings. The number of rotatable bonds is 4. The number of nitrogens with zero attached hydrogens (tertiary/aromatic N) is 2. The van der Waals surface area contributed by atoms with Gasteiger partial charge in [-0.05, 0) is 43.2 Å². The van der Waals surface area contributed by atoms with Gasteiger partial charge in [0.1, 0.15) is 0 Å². The molecule has 22 heavy (non-hydrogen) atoms. The second-order valence-corrected chi connectivity index (χ2v) is 6.52. The van der Waals surface area contributed by atoms with E-state index in [1.807, 2.05) is 42.1 Å². The highest BCUT2D eigenvalue weighted by Crippen LogP contribution is 2.33. The van der Waals surface area contributed by atoms with Crippen molar-refractivity contribution in [3.63, 3.8) is 0 Å². The molecule has 0 radical (unpaired) electrons. The van der Waals surface area contributed by atoms with Crippen LogP contribution in [0.2, 0.25) is 0 Å². The van der Waals surface area contributed by atoms with Crippen molar-refractivity contribution in [1.82, 2.24) is 9.55 Å². The zero-order chi connectivity index (χ0) is 15.5. The Hall–Kier alpha value is -1.79. The maximum absolute atomic E-state index is 12.3. The fourth-order valence-electron chi connectivity index (χ4n) is 2.68. The molecule has 1 aliphatic carbocycles. The third kappa shape index (κ3) is 3.18. The van der Waals surface area contributed by atoms with Gasteiger partial charge in [0.25, 0.3) is 0 Å². The number of imidazole rings is 1. The summed E-state index contributed by atoms with van der Waals surface area (Å²) in [6, 6.07) is 7.67. The van der Waals surface area contributed by atoms with Gasteiger partial charge in [-0.15, -0.1) is 0 Å². The van der Waals surface area contributed by atoms with Crippen LogP contribution in [0.15, 0.2) is 46.7 Å². The van der Waals surface area contributed by atoms with Gasteiger partial charge < -0.3 is 15.0 Å². The molecule has 2 N–H and O–H groups in total. The van der Waals surface area contributed by atoms with Crippen molar-refractivity contribution in [3.8, 4) is 0 Å². The third-order valence-electron chi connectivity index (χ3n) is 3.94. The molecule has 1 saturated carbocycles. The third-order valence-corrected chi connectivity index (χ3v) is 5.09. The molecule has 5 nitrogen and oxygen atoms in total. The summed E-state index contributed by atoms with van der Waals surface area (Å²) >= 11 is 1.51. The number of hydrogen-bond donors (Lipinski definition) is 2. The molecule has 3 rings (SSSR count). The number of para-hydroxylation sites is 1. The van der Waals surface area contributed by atoms with Crippen LogP contribution in [-0.4, -0.2) is 26.7 Å². The lowest BCUT2D eigenvalue weighted by atomic mass is 10.1. The van der Waals surface area contributed by atoms with Crippen LogP contribution in [0.3, 0.4) is 0 Å². The first-order valence-electron chi connectivity index (χ1n) is 7.38. The van der Waals surface area contributed by atoms with Gasteiger partial charge in [-0.2, -0.15) is 0 Å². The molecular formula is C16H19N3O2S. The van der Waals surface area contributed by atoms with Crippen LogP contribution in [-0.2, 0) is 11.8 Å². The van der Waals surface area contributed by atoms with Crippen molar-refractivity contribution in [2.75, 3.05) is 5.32 Å². The average molecular weight is 317 g/mol. The van der Waals surface area contributed by atoms with Crippen LogP contribution in [0.5, 0.6) is 0 Å². The summed E-state index contributed by atoms with van der Waals surface area (Å²) in [7, 11) is 1.94. The normalized spacial score (nSPS) is 21.0. The van der Waals surface area contributed by atoms with Crippen LogP contribution < -0.4 is 5.32 Å². The zero-order valence-corrected chi connectivity index (χ0v) is 13.2. The smallest absolute Gasteiger partial charge is 0.230 e. The van der Waals surface area contributed by atoms with E-state index < -0.39 is 6.10 Å². The number of aliphatic hydroxyl groups excluding tert-OH is 1. The molecule has 1 amide bonds. The van der Waals surface area contributed by atoms with Gasteiger partial charge in [-0.1, -0.05) is 12.1 Å². The lowest BCUT2D eigenvalue weighted by Crippen LogP contribution is -2.28. The van der Waals surface area contributed by atoms with E-state index >= 15 is 0 Å². The van der Waals surface area contributed by atoms with E-state index in [9.17, 15) is 9.90 Å². The Morgan fingerprint density at radius 3 is 2.91 bits per heavy atom. The molecule has 6 heteroatoms. The summed E-state index contributed by atoms with van der Waals surface area (Å²) in [6.07, 6.45) is 5.48. The molecule has 2 aromatic rings. The minimum atomic E-state index is -0.519. The van der Waals surface area contributed by atoms with E-state index in [-0.39, 0.29) is 11.8 Å². The van der Waals surface area contributed by atoms with E-state index in [2.05, 4.69) is 10.3 Å². The van der Waals surface area contributed by atoms with Crippen molar-refractivity contribution >= 4 is 23.4 Å². The Bertz CT molecular complexity index is 671. The Morgan fingerprint density at radius 1 is 1.41 bits per heavy atom. The fraction of sp³-hybridized carbons (Fsp3) is 0.375. The van der Waals surface area contributed by atoms with E-state index in [0.717, 1.165) is 28.6 Å². The number of aliphatic hydroxyl groups is 1. The Balaban J connectivity index is 1.76. The highest BCUT2D eigenvalue weighted by Gasteiger charge is 2.31. The van der Waals surface area contributed by atoms with Gasteiger partial charge in [-0.25, -0.2) is 4.98 Å². The fourth-order valence-corrected chi connectivity index (χ4v) is 3.57. The van der Waals surface area contributed by atoms with Crippen LogP contribution in [0.1, 0.15) is 19.3 Å². The summed E-state index contributed by atoms with van der Waals surface area (Å²) in [5.74, 6) is -0.399. The summed E-state index contributed by atoms with van der Waals surface area (Å²) in [6.45, 7) is 0. The van der Waals surface area contributed by atoms with Crippen molar-refractivity contribution in [2.24, 2.45) is 13.0 Å². The number of hydrogen-bond acceptors (Lipinski definition) is 4. The van der Waals surface area contributed by atoms with Gasteiger partial charge in [0.2, 0.25) is 5.91 Å². The number of nitrogens with one attached hydrogen (secondary N) is 1. The molecule has 1 aromatic carbocycles. The van der Waals surface area contributed by atoms with Gasteiger partial charge in [0.05, 0.1) is 17.7 Å².